The van der Waals surface area contributed by atoms with Gasteiger partial charge in [0.05, 0.1) is 6.04 Å². The second kappa shape index (κ2) is 5.83. The third-order valence-electron chi connectivity index (χ3n) is 3.09. The third-order valence-corrected chi connectivity index (χ3v) is 3.09. The van der Waals surface area contributed by atoms with Crippen LogP contribution in [0.15, 0.2) is 36.7 Å². The number of aromatic nitrogens is 2. The number of nitrogens with zero attached hydrogens (tertiary/aromatic N) is 2. The molecule has 0 saturated carbocycles. The summed E-state index contributed by atoms with van der Waals surface area (Å²) in [6.07, 6.45) is 4.96. The number of nitrogens with one attached hydrogen (secondary N) is 1. The molecule has 0 aliphatic rings. The Bertz CT molecular complexity index is 502. The van der Waals surface area contributed by atoms with E-state index in [0.717, 1.165) is 18.8 Å². The molecule has 0 amide bonds. The van der Waals surface area contributed by atoms with Gasteiger partial charge in [0.1, 0.15) is 5.82 Å². The Labute approximate surface area is 109 Å². The highest BCUT2D eigenvalue weighted by atomic mass is 15.1. The summed E-state index contributed by atoms with van der Waals surface area (Å²) >= 11 is 0. The summed E-state index contributed by atoms with van der Waals surface area (Å²) in [6, 6.07) is 8.79. The maximum absolute atomic E-state index is 4.48. The molecule has 0 spiro atoms. The summed E-state index contributed by atoms with van der Waals surface area (Å²) in [5.41, 5.74) is 2.56. The normalized spacial score (nSPS) is 12.6. The van der Waals surface area contributed by atoms with E-state index < -0.39 is 0 Å². The fraction of sp³-hybridized carbons (Fsp3) is 0.400. The maximum Gasteiger partial charge on any atom is 0.130 e. The molecule has 1 atom stereocenters. The van der Waals surface area contributed by atoms with Gasteiger partial charge in [0.2, 0.25) is 0 Å². The predicted molar refractivity (Wildman–Crippen MR) is 74.5 cm³/mol. The van der Waals surface area contributed by atoms with E-state index in [1.165, 1.54) is 11.1 Å². The number of hydrogen-bond donors (Lipinski definition) is 1. The van der Waals surface area contributed by atoms with Gasteiger partial charge in [-0.2, -0.15) is 0 Å². The molecule has 0 aliphatic heterocycles. The van der Waals surface area contributed by atoms with Gasteiger partial charge in [-0.05, 0) is 25.5 Å². The Balaban J connectivity index is 2.33. The molecule has 3 heteroatoms. The van der Waals surface area contributed by atoms with Gasteiger partial charge in [-0.1, -0.05) is 36.8 Å². The van der Waals surface area contributed by atoms with Crippen molar-refractivity contribution in [3.8, 4) is 0 Å². The molecule has 2 rings (SSSR count). The molecule has 0 fully saturated rings. The molecule has 2 aromatic rings. The van der Waals surface area contributed by atoms with Gasteiger partial charge in [-0.25, -0.2) is 4.98 Å². The van der Waals surface area contributed by atoms with Crippen LogP contribution in [0.25, 0.3) is 0 Å². The first-order valence-corrected chi connectivity index (χ1v) is 6.49. The Morgan fingerprint density at radius 3 is 2.83 bits per heavy atom. The molecule has 3 nitrogen and oxygen atoms in total. The van der Waals surface area contributed by atoms with E-state index in [1.54, 1.807) is 0 Å². The second-order valence-electron chi connectivity index (χ2n) is 4.70. The maximum atomic E-state index is 4.48. The molecule has 1 N–H and O–H groups in total. The van der Waals surface area contributed by atoms with Crippen molar-refractivity contribution in [1.29, 1.82) is 0 Å². The van der Waals surface area contributed by atoms with Crippen molar-refractivity contribution in [2.24, 2.45) is 7.05 Å². The topological polar surface area (TPSA) is 29.9 Å². The molecular formula is C15H21N3. The van der Waals surface area contributed by atoms with Gasteiger partial charge in [-0.3, -0.25) is 0 Å². The molecule has 1 aromatic carbocycles. The summed E-state index contributed by atoms with van der Waals surface area (Å²) in [4.78, 5) is 4.48. The van der Waals surface area contributed by atoms with Crippen molar-refractivity contribution < 1.29 is 0 Å². The highest BCUT2D eigenvalue weighted by molar-refractivity contribution is 5.29. The first kappa shape index (κ1) is 12.8. The van der Waals surface area contributed by atoms with Crippen LogP contribution in [-0.2, 0) is 7.05 Å². The second-order valence-corrected chi connectivity index (χ2v) is 4.70. The molecule has 0 bridgehead atoms. The fourth-order valence-corrected chi connectivity index (χ4v) is 2.15. The molecular weight excluding hydrogens is 222 g/mol. The summed E-state index contributed by atoms with van der Waals surface area (Å²) in [7, 11) is 2.04. The Morgan fingerprint density at radius 1 is 1.39 bits per heavy atom. The van der Waals surface area contributed by atoms with Crippen LogP contribution < -0.4 is 5.32 Å². The third kappa shape index (κ3) is 2.79. The Kier molecular flexibility index (Phi) is 4.15. The first-order chi connectivity index (χ1) is 8.72. The van der Waals surface area contributed by atoms with Crippen LogP contribution in [-0.4, -0.2) is 16.1 Å². The van der Waals surface area contributed by atoms with E-state index in [2.05, 4.69) is 53.0 Å². The molecule has 18 heavy (non-hydrogen) atoms. The van der Waals surface area contributed by atoms with E-state index in [-0.39, 0.29) is 6.04 Å². The van der Waals surface area contributed by atoms with Crippen LogP contribution in [0.3, 0.4) is 0 Å². The number of benzene rings is 1. The van der Waals surface area contributed by atoms with Crippen molar-refractivity contribution in [3.63, 3.8) is 0 Å². The average molecular weight is 243 g/mol. The predicted octanol–water partition coefficient (Wildman–Crippen LogP) is 2.82. The zero-order valence-corrected chi connectivity index (χ0v) is 11.4. The average Bonchev–Trinajstić information content (AvgIpc) is 2.77. The van der Waals surface area contributed by atoms with E-state index in [1.807, 2.05) is 19.4 Å². The molecule has 1 heterocycles. The van der Waals surface area contributed by atoms with Crippen molar-refractivity contribution >= 4 is 0 Å². The van der Waals surface area contributed by atoms with Crippen molar-refractivity contribution in [1.82, 2.24) is 14.9 Å². The standard InChI is InChI=1S/C15H21N3/c1-4-8-16-14(15-17-9-10-18(15)3)13-7-5-6-12(2)11-13/h5-7,9-11,14,16H,4,8H2,1-3H3. The molecule has 96 valence electrons. The number of aryl methyl sites for hydroxylation is 2. The van der Waals surface area contributed by atoms with Gasteiger partial charge < -0.3 is 9.88 Å². The summed E-state index contributed by atoms with van der Waals surface area (Å²) in [6.45, 7) is 5.29. The minimum absolute atomic E-state index is 0.171. The minimum atomic E-state index is 0.171. The van der Waals surface area contributed by atoms with E-state index in [0.29, 0.717) is 0 Å². The number of rotatable bonds is 5. The number of hydrogen-bond acceptors (Lipinski definition) is 2. The lowest BCUT2D eigenvalue weighted by atomic mass is 10.0. The summed E-state index contributed by atoms with van der Waals surface area (Å²) < 4.78 is 2.08. The molecule has 0 radical (unpaired) electrons. The van der Waals surface area contributed by atoms with Gasteiger partial charge in [-0.15, -0.1) is 0 Å². The molecule has 1 unspecified atom stereocenters. The van der Waals surface area contributed by atoms with Gasteiger partial charge in [0, 0.05) is 19.4 Å². The highest BCUT2D eigenvalue weighted by Crippen LogP contribution is 2.21. The van der Waals surface area contributed by atoms with Crippen molar-refractivity contribution in [3.05, 3.63) is 53.6 Å². The number of imidazole rings is 1. The highest BCUT2D eigenvalue weighted by Gasteiger charge is 2.17. The van der Waals surface area contributed by atoms with Gasteiger partial charge in [0.25, 0.3) is 0 Å². The minimum Gasteiger partial charge on any atom is -0.336 e. The van der Waals surface area contributed by atoms with Crippen molar-refractivity contribution in [2.45, 2.75) is 26.3 Å². The van der Waals surface area contributed by atoms with E-state index in [4.69, 9.17) is 0 Å². The molecule has 1 aromatic heterocycles. The largest absolute Gasteiger partial charge is 0.336 e. The first-order valence-electron chi connectivity index (χ1n) is 6.49. The summed E-state index contributed by atoms with van der Waals surface area (Å²) in [5.74, 6) is 1.06. The van der Waals surface area contributed by atoms with E-state index >= 15 is 0 Å². The smallest absolute Gasteiger partial charge is 0.130 e. The quantitative estimate of drug-likeness (QED) is 0.875. The summed E-state index contributed by atoms with van der Waals surface area (Å²) in [5, 5.41) is 3.57. The van der Waals surface area contributed by atoms with Crippen LogP contribution >= 0.6 is 0 Å². The Morgan fingerprint density at radius 2 is 2.22 bits per heavy atom. The molecule has 0 aliphatic carbocycles. The monoisotopic (exact) mass is 243 g/mol. The lowest BCUT2D eigenvalue weighted by Crippen LogP contribution is -2.25. The van der Waals surface area contributed by atoms with Gasteiger partial charge >= 0.3 is 0 Å². The van der Waals surface area contributed by atoms with Crippen LogP contribution in [0.4, 0.5) is 0 Å². The SMILES string of the molecule is CCCNC(c1cccc(C)c1)c1nccn1C. The zero-order valence-electron chi connectivity index (χ0n) is 11.4. The lowest BCUT2D eigenvalue weighted by Gasteiger charge is -2.19. The van der Waals surface area contributed by atoms with Crippen LogP contribution in [0.1, 0.15) is 36.3 Å². The van der Waals surface area contributed by atoms with Crippen LogP contribution in [0, 0.1) is 6.92 Å². The Hall–Kier alpha value is -1.61. The fourth-order valence-electron chi connectivity index (χ4n) is 2.15. The lowest BCUT2D eigenvalue weighted by molar-refractivity contribution is 0.555. The van der Waals surface area contributed by atoms with E-state index in [9.17, 15) is 0 Å². The van der Waals surface area contributed by atoms with Crippen LogP contribution in [0.5, 0.6) is 0 Å². The zero-order chi connectivity index (χ0) is 13.0. The van der Waals surface area contributed by atoms with Crippen LogP contribution in [0.2, 0.25) is 0 Å². The van der Waals surface area contributed by atoms with Crippen molar-refractivity contribution in [2.75, 3.05) is 6.54 Å². The molecule has 0 saturated heterocycles. The van der Waals surface area contributed by atoms with Gasteiger partial charge in [0.15, 0.2) is 0 Å².